The third kappa shape index (κ3) is 5.37. The second-order valence-corrected chi connectivity index (χ2v) is 9.38. The van der Waals surface area contributed by atoms with Crippen LogP contribution in [0.1, 0.15) is 25.8 Å². The minimum Gasteiger partial charge on any atom is -0.491 e. The van der Waals surface area contributed by atoms with Crippen LogP contribution in [0.4, 0.5) is 0 Å². The smallest absolute Gasteiger partial charge is 0.244 e. The molecular formula is C18H28N2O5S2. The van der Waals surface area contributed by atoms with Gasteiger partial charge in [0, 0.05) is 18.9 Å². The first-order valence-corrected chi connectivity index (χ1v) is 11.5. The zero-order chi connectivity index (χ0) is 20.0. The number of nitrogens with one attached hydrogen (secondary N) is 1. The fourth-order valence-corrected chi connectivity index (χ4v) is 5.86. The summed E-state index contributed by atoms with van der Waals surface area (Å²) in [4.78, 5) is 12.7. The van der Waals surface area contributed by atoms with Crippen molar-refractivity contribution in [3.05, 3.63) is 23.8 Å². The summed E-state index contributed by atoms with van der Waals surface area (Å²) in [6, 6.07) is 4.08. The highest BCUT2D eigenvalue weighted by atomic mass is 32.2. The van der Waals surface area contributed by atoms with Crippen molar-refractivity contribution in [1.29, 1.82) is 0 Å². The van der Waals surface area contributed by atoms with Crippen LogP contribution in [0.3, 0.4) is 0 Å². The molecule has 0 aromatic heterocycles. The minimum absolute atomic E-state index is 0.0124. The molecule has 2 atom stereocenters. The van der Waals surface area contributed by atoms with Gasteiger partial charge < -0.3 is 14.8 Å². The zero-order valence-electron chi connectivity index (χ0n) is 16.2. The van der Waals surface area contributed by atoms with Crippen LogP contribution < -0.4 is 10.1 Å². The summed E-state index contributed by atoms with van der Waals surface area (Å²) < 4.78 is 38.0. The first-order chi connectivity index (χ1) is 12.8. The molecule has 1 amide bonds. The molecule has 9 heteroatoms. The molecule has 0 spiro atoms. The van der Waals surface area contributed by atoms with Crippen LogP contribution in [0.25, 0.3) is 0 Å². The second kappa shape index (κ2) is 9.77. The Morgan fingerprint density at radius 1 is 1.41 bits per heavy atom. The Bertz CT molecular complexity index is 754. The highest BCUT2D eigenvalue weighted by molar-refractivity contribution is 8.00. The van der Waals surface area contributed by atoms with Crippen LogP contribution in [-0.4, -0.2) is 62.7 Å². The quantitative estimate of drug-likeness (QED) is 0.620. The minimum atomic E-state index is -3.77. The van der Waals surface area contributed by atoms with E-state index in [-0.39, 0.29) is 22.7 Å². The van der Waals surface area contributed by atoms with Crippen LogP contribution in [0.2, 0.25) is 0 Å². The van der Waals surface area contributed by atoms with E-state index in [9.17, 15) is 13.2 Å². The number of methoxy groups -OCH3 is 1. The van der Waals surface area contributed by atoms with Crippen molar-refractivity contribution in [2.45, 2.75) is 44.2 Å². The maximum Gasteiger partial charge on any atom is 0.244 e. The number of carbonyl (C=O) groups is 1. The molecule has 0 saturated carbocycles. The number of sulfonamides is 1. The summed E-state index contributed by atoms with van der Waals surface area (Å²) in [6.07, 6.45) is 0.794. The lowest BCUT2D eigenvalue weighted by Crippen LogP contribution is -2.49. The summed E-state index contributed by atoms with van der Waals surface area (Å²) >= 11 is 1.44. The number of ether oxygens (including phenoxy) is 2. The van der Waals surface area contributed by atoms with E-state index in [1.807, 2.05) is 13.8 Å². The Hall–Kier alpha value is -1.29. The van der Waals surface area contributed by atoms with Gasteiger partial charge in [-0.1, -0.05) is 6.92 Å². The van der Waals surface area contributed by atoms with Crippen molar-refractivity contribution in [2.75, 3.05) is 32.0 Å². The van der Waals surface area contributed by atoms with Crippen molar-refractivity contribution < 1.29 is 22.7 Å². The number of thioether (sulfide) groups is 1. The summed E-state index contributed by atoms with van der Waals surface area (Å²) in [7, 11) is -2.18. The number of aryl methyl sites for hydroxylation is 1. The molecule has 152 valence electrons. The van der Waals surface area contributed by atoms with E-state index in [1.54, 1.807) is 26.2 Å². The maximum atomic E-state index is 13.1. The Morgan fingerprint density at radius 2 is 2.15 bits per heavy atom. The number of benzene rings is 1. The van der Waals surface area contributed by atoms with E-state index in [2.05, 4.69) is 5.32 Å². The lowest BCUT2D eigenvalue weighted by molar-refractivity contribution is -0.124. The number of carbonyl (C=O) groups excluding carboxylic acids is 1. The standard InChI is InChI=1S/C18H28N2O5S2/c1-5-14(3)19-18(21)16-11-26-12-20(16)27(22,23)15-6-7-17(13(2)10-15)25-9-8-24-4/h6-7,10,14,16H,5,8-9,11-12H2,1-4H3,(H,19,21). The fraction of sp³-hybridized carbons (Fsp3) is 0.611. The van der Waals surface area contributed by atoms with Crippen molar-refractivity contribution in [3.63, 3.8) is 0 Å². The monoisotopic (exact) mass is 416 g/mol. The van der Waals surface area contributed by atoms with Gasteiger partial charge in [-0.05, 0) is 44.0 Å². The van der Waals surface area contributed by atoms with Crippen LogP contribution in [0.15, 0.2) is 23.1 Å². The predicted molar refractivity (Wildman–Crippen MR) is 107 cm³/mol. The van der Waals surface area contributed by atoms with Gasteiger partial charge in [-0.25, -0.2) is 8.42 Å². The van der Waals surface area contributed by atoms with Gasteiger partial charge in [0.2, 0.25) is 15.9 Å². The Labute approximate surface area is 165 Å². The molecule has 1 aromatic rings. The average molecular weight is 417 g/mol. The zero-order valence-corrected chi connectivity index (χ0v) is 17.9. The molecule has 2 unspecified atom stereocenters. The molecule has 1 saturated heterocycles. The van der Waals surface area contributed by atoms with E-state index in [1.165, 1.54) is 22.1 Å². The third-order valence-corrected chi connectivity index (χ3v) is 7.47. The van der Waals surface area contributed by atoms with E-state index in [0.29, 0.717) is 24.7 Å². The molecule has 1 heterocycles. The van der Waals surface area contributed by atoms with E-state index >= 15 is 0 Å². The van der Waals surface area contributed by atoms with Crippen LogP contribution in [-0.2, 0) is 19.6 Å². The Balaban J connectivity index is 2.19. The molecule has 7 nitrogen and oxygen atoms in total. The fourth-order valence-electron chi connectivity index (χ4n) is 2.63. The lowest BCUT2D eigenvalue weighted by atomic mass is 10.2. The lowest BCUT2D eigenvalue weighted by Gasteiger charge is -2.24. The van der Waals surface area contributed by atoms with Gasteiger partial charge in [0.25, 0.3) is 0 Å². The number of rotatable bonds is 9. The summed E-state index contributed by atoms with van der Waals surface area (Å²) in [5.74, 6) is 1.10. The number of hydrogen-bond donors (Lipinski definition) is 1. The summed E-state index contributed by atoms with van der Waals surface area (Å²) in [5, 5.41) is 2.88. The van der Waals surface area contributed by atoms with Crippen molar-refractivity contribution in [2.24, 2.45) is 0 Å². The van der Waals surface area contributed by atoms with Gasteiger partial charge in [0.05, 0.1) is 17.4 Å². The molecule has 1 fully saturated rings. The molecule has 1 aromatic carbocycles. The van der Waals surface area contributed by atoms with Crippen LogP contribution in [0.5, 0.6) is 5.75 Å². The van der Waals surface area contributed by atoms with Crippen molar-refractivity contribution >= 4 is 27.7 Å². The van der Waals surface area contributed by atoms with Gasteiger partial charge in [0.15, 0.2) is 0 Å². The molecule has 1 N–H and O–H groups in total. The molecular weight excluding hydrogens is 388 g/mol. The number of amides is 1. The first-order valence-electron chi connectivity index (χ1n) is 8.93. The van der Waals surface area contributed by atoms with Crippen LogP contribution in [0, 0.1) is 6.92 Å². The topological polar surface area (TPSA) is 84.9 Å². The Morgan fingerprint density at radius 3 is 2.78 bits per heavy atom. The van der Waals surface area contributed by atoms with Gasteiger partial charge in [-0.2, -0.15) is 4.31 Å². The molecule has 1 aliphatic heterocycles. The maximum absolute atomic E-state index is 13.1. The van der Waals surface area contributed by atoms with Gasteiger partial charge >= 0.3 is 0 Å². The average Bonchev–Trinajstić information content (AvgIpc) is 3.13. The largest absolute Gasteiger partial charge is 0.491 e. The summed E-state index contributed by atoms with van der Waals surface area (Å²) in [6.45, 7) is 6.53. The van der Waals surface area contributed by atoms with Crippen molar-refractivity contribution in [1.82, 2.24) is 9.62 Å². The van der Waals surface area contributed by atoms with Crippen molar-refractivity contribution in [3.8, 4) is 5.75 Å². The number of hydrogen-bond acceptors (Lipinski definition) is 6. The second-order valence-electron chi connectivity index (χ2n) is 6.49. The SMILES string of the molecule is CCC(C)NC(=O)C1CSCN1S(=O)(=O)c1ccc(OCCOC)c(C)c1. The molecule has 0 aliphatic carbocycles. The first kappa shape index (κ1) is 22.0. The van der Waals surface area contributed by atoms with Gasteiger partial charge in [-0.15, -0.1) is 11.8 Å². The van der Waals surface area contributed by atoms with E-state index in [0.717, 1.165) is 12.0 Å². The molecule has 0 radical (unpaired) electrons. The Kier molecular flexibility index (Phi) is 7.96. The van der Waals surface area contributed by atoms with Crippen LogP contribution >= 0.6 is 11.8 Å². The highest BCUT2D eigenvalue weighted by Gasteiger charge is 2.40. The highest BCUT2D eigenvalue weighted by Crippen LogP contribution is 2.30. The molecule has 2 rings (SSSR count). The number of nitrogens with zero attached hydrogens (tertiary/aromatic N) is 1. The van der Waals surface area contributed by atoms with E-state index in [4.69, 9.17) is 9.47 Å². The van der Waals surface area contributed by atoms with Gasteiger partial charge in [0.1, 0.15) is 18.4 Å². The summed E-state index contributed by atoms with van der Waals surface area (Å²) in [5.41, 5.74) is 0.722. The third-order valence-electron chi connectivity index (χ3n) is 4.44. The predicted octanol–water partition coefficient (Wildman–Crippen LogP) is 2.00. The van der Waals surface area contributed by atoms with Gasteiger partial charge in [-0.3, -0.25) is 4.79 Å². The molecule has 27 heavy (non-hydrogen) atoms. The molecule has 1 aliphatic rings. The van der Waals surface area contributed by atoms with E-state index < -0.39 is 16.1 Å². The molecule has 0 bridgehead atoms. The normalized spacial score (nSPS) is 19.0.